The van der Waals surface area contributed by atoms with Gasteiger partial charge in [-0.2, -0.15) is 0 Å². The second-order valence-electron chi connectivity index (χ2n) is 11.4. The molecule has 2 aliphatic heterocycles. The number of benzene rings is 2. The van der Waals surface area contributed by atoms with E-state index in [0.717, 1.165) is 46.7 Å². The number of hydrogen-bond donors (Lipinski definition) is 1. The zero-order chi connectivity index (χ0) is 30.2. The average molecular weight is 603 g/mol. The number of imidazole rings is 1. The molecule has 0 radical (unpaired) electrons. The van der Waals surface area contributed by atoms with Crippen molar-refractivity contribution < 1.29 is 19.4 Å². The number of aromatic nitrogens is 3. The first-order chi connectivity index (χ1) is 20.7. The highest BCUT2D eigenvalue weighted by atomic mass is 35.5. The van der Waals surface area contributed by atoms with Crippen LogP contribution in [0.15, 0.2) is 48.7 Å². The van der Waals surface area contributed by atoms with E-state index in [1.807, 2.05) is 55.0 Å². The summed E-state index contributed by atoms with van der Waals surface area (Å²) in [6.07, 6.45) is 2.74. The smallest absolute Gasteiger partial charge is 0.335 e. The number of carboxylic acids is 1. The second kappa shape index (κ2) is 11.9. The number of rotatable bonds is 8. The van der Waals surface area contributed by atoms with E-state index in [-0.39, 0.29) is 17.6 Å². The number of amides is 1. The van der Waals surface area contributed by atoms with Crippen molar-refractivity contribution in [2.45, 2.75) is 39.5 Å². The number of carboxylic acid groups (broad SMARTS) is 1. The Kier molecular flexibility index (Phi) is 8.09. The Bertz CT molecular complexity index is 1690. The molecule has 2 aromatic heterocycles. The lowest BCUT2D eigenvalue weighted by Crippen LogP contribution is -2.48. The van der Waals surface area contributed by atoms with Crippen LogP contribution in [0, 0.1) is 13.8 Å². The minimum atomic E-state index is -0.952. The van der Waals surface area contributed by atoms with Gasteiger partial charge in [-0.15, -0.1) is 0 Å². The summed E-state index contributed by atoms with van der Waals surface area (Å²) in [5.41, 5.74) is 5.22. The van der Waals surface area contributed by atoms with Crippen LogP contribution in [0.3, 0.4) is 0 Å². The van der Waals surface area contributed by atoms with Crippen LogP contribution < -0.4 is 4.90 Å². The highest BCUT2D eigenvalue weighted by molar-refractivity contribution is 6.33. The maximum atomic E-state index is 13.5. The molecule has 1 N–H and O–H groups in total. The lowest BCUT2D eigenvalue weighted by Gasteiger charge is -2.35. The van der Waals surface area contributed by atoms with Gasteiger partial charge in [0, 0.05) is 51.6 Å². The largest absolute Gasteiger partial charge is 0.478 e. The highest BCUT2D eigenvalue weighted by Gasteiger charge is 2.27. The molecule has 0 spiro atoms. The molecule has 2 fully saturated rings. The number of aromatic carboxylic acids is 1. The number of carbonyl (C=O) groups excluding carboxylic acids is 1. The fourth-order valence-corrected chi connectivity index (χ4v) is 6.12. The lowest BCUT2D eigenvalue weighted by molar-refractivity contribution is -0.0592. The third-order valence-electron chi connectivity index (χ3n) is 8.38. The van der Waals surface area contributed by atoms with E-state index in [0.29, 0.717) is 55.7 Å². The number of anilines is 2. The number of halogens is 1. The van der Waals surface area contributed by atoms with E-state index < -0.39 is 5.97 Å². The van der Waals surface area contributed by atoms with Crippen molar-refractivity contribution in [2.75, 3.05) is 44.7 Å². The minimum Gasteiger partial charge on any atom is -0.478 e. The first-order valence-electron chi connectivity index (χ1n) is 14.5. The molecule has 1 atom stereocenters. The Labute approximate surface area is 255 Å². The molecule has 2 aliphatic rings. The normalized spacial score (nSPS) is 17.2. The predicted molar refractivity (Wildman–Crippen MR) is 165 cm³/mol. The molecule has 1 amide bonds. The van der Waals surface area contributed by atoms with Crippen molar-refractivity contribution in [2.24, 2.45) is 0 Å². The number of ether oxygens (including phenoxy) is 1. The second-order valence-corrected chi connectivity index (χ2v) is 11.8. The Balaban J connectivity index is 1.15. The molecule has 43 heavy (non-hydrogen) atoms. The molecule has 10 nitrogen and oxygen atoms in total. The van der Waals surface area contributed by atoms with Crippen LogP contribution in [0.1, 0.15) is 44.1 Å². The Morgan fingerprint density at radius 2 is 1.84 bits per heavy atom. The van der Waals surface area contributed by atoms with Crippen molar-refractivity contribution >= 4 is 46.0 Å². The van der Waals surface area contributed by atoms with Crippen LogP contribution in [0.25, 0.3) is 11.0 Å². The van der Waals surface area contributed by atoms with E-state index in [1.165, 1.54) is 0 Å². The van der Waals surface area contributed by atoms with Crippen LogP contribution in [0.4, 0.5) is 11.5 Å². The van der Waals surface area contributed by atoms with Crippen LogP contribution in [-0.4, -0.2) is 87.3 Å². The molecule has 2 aromatic carbocycles. The molecule has 4 aromatic rings. The summed E-state index contributed by atoms with van der Waals surface area (Å²) in [4.78, 5) is 40.7. The maximum absolute atomic E-state index is 13.5. The Hall–Kier alpha value is -3.99. The van der Waals surface area contributed by atoms with Crippen molar-refractivity contribution in [3.8, 4) is 0 Å². The summed E-state index contributed by atoms with van der Waals surface area (Å²) in [5, 5.41) is 10.3. The van der Waals surface area contributed by atoms with Gasteiger partial charge in [0.25, 0.3) is 5.91 Å². The number of pyridine rings is 1. The number of hydrogen-bond acceptors (Lipinski definition) is 7. The zero-order valence-corrected chi connectivity index (χ0v) is 25.3. The van der Waals surface area contributed by atoms with Gasteiger partial charge in [-0.3, -0.25) is 9.69 Å². The highest BCUT2D eigenvalue weighted by Crippen LogP contribution is 2.31. The molecular weight excluding hydrogens is 568 g/mol. The number of fused-ring (bicyclic) bond motifs is 1. The van der Waals surface area contributed by atoms with Gasteiger partial charge in [0.05, 0.1) is 46.5 Å². The van der Waals surface area contributed by atoms with E-state index in [9.17, 15) is 14.7 Å². The minimum absolute atomic E-state index is 0.0297. The van der Waals surface area contributed by atoms with Gasteiger partial charge in [0.1, 0.15) is 11.6 Å². The standard InChI is InChI=1S/C32H35ClN6O4/c1-20-4-5-26(25(33)14-20)36(3)28-17-22(6-8-34-28)31(40)38-11-9-37(10-12-38)19-29-35-30-21(2)15-23(32(41)42)16-27(30)39(29)18-24-7-13-43-24/h4-6,8,14-17,24H,7,9-13,18-19H2,1-3H3,(H,41,42)/t24-/m0/s1. The summed E-state index contributed by atoms with van der Waals surface area (Å²) < 4.78 is 7.83. The van der Waals surface area contributed by atoms with E-state index in [4.69, 9.17) is 21.3 Å². The first-order valence-corrected chi connectivity index (χ1v) is 14.9. The molecule has 0 aliphatic carbocycles. The van der Waals surface area contributed by atoms with Crippen molar-refractivity contribution in [3.05, 3.63) is 81.8 Å². The topological polar surface area (TPSA) is 104 Å². The monoisotopic (exact) mass is 602 g/mol. The summed E-state index contributed by atoms with van der Waals surface area (Å²) in [5.74, 6) is 0.545. The lowest BCUT2D eigenvalue weighted by atomic mass is 10.1. The molecule has 11 heteroatoms. The third-order valence-corrected chi connectivity index (χ3v) is 8.68. The molecule has 4 heterocycles. The summed E-state index contributed by atoms with van der Waals surface area (Å²) >= 11 is 6.48. The van der Waals surface area contributed by atoms with Gasteiger partial charge >= 0.3 is 5.97 Å². The fourth-order valence-electron chi connectivity index (χ4n) is 5.75. The Morgan fingerprint density at radius 1 is 1.07 bits per heavy atom. The maximum Gasteiger partial charge on any atom is 0.335 e. The number of nitrogens with zero attached hydrogens (tertiary/aromatic N) is 6. The summed E-state index contributed by atoms with van der Waals surface area (Å²) in [7, 11) is 1.89. The van der Waals surface area contributed by atoms with Crippen molar-refractivity contribution in [1.82, 2.24) is 24.3 Å². The average Bonchev–Trinajstić information content (AvgIpc) is 3.31. The van der Waals surface area contributed by atoms with E-state index >= 15 is 0 Å². The van der Waals surface area contributed by atoms with E-state index in [2.05, 4.69) is 14.5 Å². The molecule has 2 saturated heterocycles. The Morgan fingerprint density at radius 3 is 2.51 bits per heavy atom. The molecule has 0 unspecified atom stereocenters. The van der Waals surface area contributed by atoms with Gasteiger partial charge in [0.15, 0.2) is 0 Å². The van der Waals surface area contributed by atoms with Crippen LogP contribution in [0.5, 0.6) is 0 Å². The van der Waals surface area contributed by atoms with Crippen molar-refractivity contribution in [3.63, 3.8) is 0 Å². The summed E-state index contributed by atoms with van der Waals surface area (Å²) in [6.45, 7) is 8.46. The molecular formula is C32H35ClN6O4. The van der Waals surface area contributed by atoms with Gasteiger partial charge < -0.3 is 24.2 Å². The molecule has 0 saturated carbocycles. The quantitative estimate of drug-likeness (QED) is 0.303. The fraction of sp³-hybridized carbons (Fsp3) is 0.375. The van der Waals surface area contributed by atoms with Gasteiger partial charge in [-0.05, 0) is 67.8 Å². The SMILES string of the molecule is Cc1ccc(N(C)c2cc(C(=O)N3CCN(Cc4nc5c(C)cc(C(=O)O)cc5n4C[C@@H]4CCO4)CC3)ccn2)c(Cl)c1. The molecule has 6 rings (SSSR count). The predicted octanol–water partition coefficient (Wildman–Crippen LogP) is 4.91. The third kappa shape index (κ3) is 5.95. The van der Waals surface area contributed by atoms with Gasteiger partial charge in [-0.25, -0.2) is 14.8 Å². The van der Waals surface area contributed by atoms with E-state index in [1.54, 1.807) is 24.4 Å². The first kappa shape index (κ1) is 29.1. The van der Waals surface area contributed by atoms with Crippen molar-refractivity contribution in [1.29, 1.82) is 0 Å². The summed E-state index contributed by atoms with van der Waals surface area (Å²) in [6, 6.07) is 12.8. The van der Waals surface area contributed by atoms with Gasteiger partial charge in [0.2, 0.25) is 0 Å². The molecule has 224 valence electrons. The van der Waals surface area contributed by atoms with Gasteiger partial charge in [-0.1, -0.05) is 17.7 Å². The van der Waals surface area contributed by atoms with Crippen LogP contribution in [0.2, 0.25) is 5.02 Å². The number of piperazine rings is 1. The van der Waals surface area contributed by atoms with Crippen LogP contribution in [-0.2, 0) is 17.8 Å². The van der Waals surface area contributed by atoms with Crippen LogP contribution >= 0.6 is 11.6 Å². The number of carbonyl (C=O) groups is 2. The zero-order valence-electron chi connectivity index (χ0n) is 24.6. The molecule has 0 bridgehead atoms. The number of aryl methyl sites for hydroxylation is 2.